The molecule has 1 aromatic heterocycles. The third-order valence-electron chi connectivity index (χ3n) is 4.23. The van der Waals surface area contributed by atoms with Gasteiger partial charge in [-0.3, -0.25) is 0 Å². The minimum absolute atomic E-state index is 0.625. The highest BCUT2D eigenvalue weighted by atomic mass is 32.1. The van der Waals surface area contributed by atoms with E-state index in [-0.39, 0.29) is 0 Å². The average Bonchev–Trinajstić information content (AvgIpc) is 3.09. The van der Waals surface area contributed by atoms with Gasteiger partial charge in [0.1, 0.15) is 0 Å². The smallest absolute Gasteiger partial charge is 0.185 e. The van der Waals surface area contributed by atoms with Crippen molar-refractivity contribution in [3.8, 4) is 0 Å². The fourth-order valence-electron chi connectivity index (χ4n) is 3.39. The molecule has 2 heterocycles. The number of rotatable bonds is 3. The first-order chi connectivity index (χ1) is 8.38. The van der Waals surface area contributed by atoms with Crippen molar-refractivity contribution in [2.45, 2.75) is 51.1 Å². The van der Waals surface area contributed by atoms with Gasteiger partial charge in [0.15, 0.2) is 5.13 Å². The Labute approximate surface area is 107 Å². The van der Waals surface area contributed by atoms with Crippen molar-refractivity contribution in [3.63, 3.8) is 0 Å². The zero-order valence-electron chi connectivity index (χ0n) is 10.3. The summed E-state index contributed by atoms with van der Waals surface area (Å²) in [5, 5.41) is 1.21. The van der Waals surface area contributed by atoms with Crippen LogP contribution in [0.15, 0.2) is 6.20 Å². The van der Waals surface area contributed by atoms with Gasteiger partial charge in [0.05, 0.1) is 0 Å². The normalized spacial score (nSPS) is 25.9. The minimum Gasteiger partial charge on any atom is -0.345 e. The zero-order valence-corrected chi connectivity index (χ0v) is 11.1. The van der Waals surface area contributed by atoms with E-state index in [2.05, 4.69) is 9.88 Å². The van der Waals surface area contributed by atoms with Crippen molar-refractivity contribution < 1.29 is 0 Å². The molecule has 17 heavy (non-hydrogen) atoms. The largest absolute Gasteiger partial charge is 0.345 e. The Morgan fingerprint density at radius 1 is 1.29 bits per heavy atom. The van der Waals surface area contributed by atoms with Crippen molar-refractivity contribution >= 4 is 16.5 Å². The number of thiazole rings is 1. The molecule has 1 aliphatic carbocycles. The Kier molecular flexibility index (Phi) is 3.34. The first-order valence-electron chi connectivity index (χ1n) is 6.80. The Morgan fingerprint density at radius 3 is 2.82 bits per heavy atom. The molecule has 1 unspecified atom stereocenters. The van der Waals surface area contributed by atoms with Crippen LogP contribution in [0, 0.1) is 5.92 Å². The number of nitrogens with two attached hydrogens (primary N) is 1. The molecule has 1 saturated heterocycles. The molecule has 1 aliphatic heterocycles. The summed E-state index contributed by atoms with van der Waals surface area (Å²) in [5.74, 6) is 0.919. The van der Waals surface area contributed by atoms with Gasteiger partial charge in [0.25, 0.3) is 0 Å². The van der Waals surface area contributed by atoms with Gasteiger partial charge in [-0.15, -0.1) is 11.3 Å². The molecule has 0 spiro atoms. The summed E-state index contributed by atoms with van der Waals surface area (Å²) in [4.78, 5) is 8.32. The predicted molar refractivity (Wildman–Crippen MR) is 72.3 cm³/mol. The van der Waals surface area contributed by atoms with Gasteiger partial charge in [0.2, 0.25) is 0 Å². The summed E-state index contributed by atoms with van der Waals surface area (Å²) in [6, 6.07) is 0.759. The fourth-order valence-corrected chi connectivity index (χ4v) is 4.26. The second-order valence-electron chi connectivity index (χ2n) is 5.26. The highest BCUT2D eigenvalue weighted by molar-refractivity contribution is 7.15. The average molecular weight is 251 g/mol. The second kappa shape index (κ2) is 4.94. The molecular formula is C13H21N3S. The molecule has 2 fully saturated rings. The predicted octanol–water partition coefficient (Wildman–Crippen LogP) is 2.76. The minimum atomic E-state index is 0.625. The lowest BCUT2D eigenvalue weighted by Crippen LogP contribution is -2.34. The Balaban J connectivity index is 1.76. The molecule has 0 aromatic carbocycles. The molecule has 1 aromatic rings. The molecule has 94 valence electrons. The number of nitrogens with zero attached hydrogens (tertiary/aromatic N) is 2. The summed E-state index contributed by atoms with van der Waals surface area (Å²) in [6.45, 7) is 1.82. The Bertz CT molecular complexity index is 370. The van der Waals surface area contributed by atoms with Gasteiger partial charge >= 0.3 is 0 Å². The van der Waals surface area contributed by atoms with Gasteiger partial charge in [-0.25, -0.2) is 4.98 Å². The van der Waals surface area contributed by atoms with Gasteiger partial charge in [-0.1, -0.05) is 12.8 Å². The van der Waals surface area contributed by atoms with E-state index >= 15 is 0 Å². The number of hydrogen-bond donors (Lipinski definition) is 1. The SMILES string of the molecule is NCc1cnc(N2CCCC2C2CCCC2)s1. The maximum Gasteiger partial charge on any atom is 0.185 e. The molecule has 0 bridgehead atoms. The summed E-state index contributed by atoms with van der Waals surface area (Å²) < 4.78 is 0. The second-order valence-corrected chi connectivity index (χ2v) is 6.35. The molecule has 3 nitrogen and oxygen atoms in total. The standard InChI is InChI=1S/C13H21N3S/c14-8-11-9-15-13(17-11)16-7-3-6-12(16)10-4-1-2-5-10/h9-10,12H,1-8,14H2. The lowest BCUT2D eigenvalue weighted by Gasteiger charge is -2.29. The van der Waals surface area contributed by atoms with Gasteiger partial charge in [-0.2, -0.15) is 0 Å². The molecule has 4 heteroatoms. The van der Waals surface area contributed by atoms with E-state index in [1.54, 1.807) is 11.3 Å². The zero-order chi connectivity index (χ0) is 11.7. The Morgan fingerprint density at radius 2 is 2.12 bits per heavy atom. The lowest BCUT2D eigenvalue weighted by atomic mass is 9.96. The van der Waals surface area contributed by atoms with Crippen molar-refractivity contribution in [3.05, 3.63) is 11.1 Å². The third kappa shape index (κ3) is 2.20. The maximum absolute atomic E-state index is 5.67. The van der Waals surface area contributed by atoms with Gasteiger partial charge in [0, 0.05) is 30.2 Å². The van der Waals surface area contributed by atoms with E-state index in [0.717, 1.165) is 12.0 Å². The van der Waals surface area contributed by atoms with E-state index in [1.807, 2.05) is 6.20 Å². The van der Waals surface area contributed by atoms with Crippen molar-refractivity contribution in [2.24, 2.45) is 11.7 Å². The molecule has 0 radical (unpaired) electrons. The fraction of sp³-hybridized carbons (Fsp3) is 0.769. The van der Waals surface area contributed by atoms with Gasteiger partial charge in [-0.05, 0) is 31.6 Å². The molecule has 1 saturated carbocycles. The van der Waals surface area contributed by atoms with Crippen LogP contribution in [0.3, 0.4) is 0 Å². The first-order valence-corrected chi connectivity index (χ1v) is 7.61. The highest BCUT2D eigenvalue weighted by Gasteiger charge is 2.34. The molecule has 3 rings (SSSR count). The van der Waals surface area contributed by atoms with E-state index in [4.69, 9.17) is 5.73 Å². The molecule has 0 amide bonds. The summed E-state index contributed by atoms with van der Waals surface area (Å²) in [7, 11) is 0. The number of aromatic nitrogens is 1. The molecule has 2 N–H and O–H groups in total. The number of anilines is 1. The van der Waals surface area contributed by atoms with Crippen LogP contribution in [0.2, 0.25) is 0 Å². The summed E-state index contributed by atoms with van der Waals surface area (Å²) in [6.07, 6.45) is 10.4. The van der Waals surface area contributed by atoms with E-state index in [0.29, 0.717) is 6.54 Å². The quantitative estimate of drug-likeness (QED) is 0.898. The summed E-state index contributed by atoms with van der Waals surface area (Å²) >= 11 is 1.78. The van der Waals surface area contributed by atoms with Crippen molar-refractivity contribution in [2.75, 3.05) is 11.4 Å². The van der Waals surface area contributed by atoms with Crippen LogP contribution in [0.4, 0.5) is 5.13 Å². The van der Waals surface area contributed by atoms with Crippen molar-refractivity contribution in [1.82, 2.24) is 4.98 Å². The van der Waals surface area contributed by atoms with Crippen molar-refractivity contribution in [1.29, 1.82) is 0 Å². The van der Waals surface area contributed by atoms with Crippen LogP contribution in [0.5, 0.6) is 0 Å². The molecule has 2 aliphatic rings. The van der Waals surface area contributed by atoms with Crippen LogP contribution in [0.25, 0.3) is 0 Å². The topological polar surface area (TPSA) is 42.1 Å². The van der Waals surface area contributed by atoms with E-state index in [9.17, 15) is 0 Å². The number of hydrogen-bond acceptors (Lipinski definition) is 4. The maximum atomic E-state index is 5.67. The van der Waals surface area contributed by atoms with Gasteiger partial charge < -0.3 is 10.6 Å². The van der Waals surface area contributed by atoms with Crippen LogP contribution in [-0.2, 0) is 6.54 Å². The third-order valence-corrected chi connectivity index (χ3v) is 5.29. The highest BCUT2D eigenvalue weighted by Crippen LogP contribution is 2.38. The lowest BCUT2D eigenvalue weighted by molar-refractivity contribution is 0.430. The molecular weight excluding hydrogens is 230 g/mol. The van der Waals surface area contributed by atoms with E-state index < -0.39 is 0 Å². The van der Waals surface area contributed by atoms with Crippen LogP contribution >= 0.6 is 11.3 Å². The van der Waals surface area contributed by atoms with Crippen LogP contribution in [-0.4, -0.2) is 17.6 Å². The van der Waals surface area contributed by atoms with Crippen LogP contribution in [0.1, 0.15) is 43.4 Å². The molecule has 1 atom stereocenters. The summed E-state index contributed by atoms with van der Waals surface area (Å²) in [5.41, 5.74) is 5.67. The van der Waals surface area contributed by atoms with Crippen LogP contribution < -0.4 is 10.6 Å². The monoisotopic (exact) mass is 251 g/mol. The Hall–Kier alpha value is -0.610. The first kappa shape index (κ1) is 11.5. The van der Waals surface area contributed by atoms with E-state index in [1.165, 1.54) is 55.1 Å².